The number of amides is 1. The van der Waals surface area contributed by atoms with E-state index in [0.29, 0.717) is 5.41 Å². The number of anilines is 2. The first kappa shape index (κ1) is 26.5. The molecule has 0 spiro atoms. The van der Waals surface area contributed by atoms with Crippen molar-refractivity contribution in [1.82, 2.24) is 0 Å². The van der Waals surface area contributed by atoms with E-state index in [1.807, 2.05) is 24.3 Å². The Labute approximate surface area is 227 Å². The van der Waals surface area contributed by atoms with Crippen molar-refractivity contribution >= 4 is 29.3 Å². The minimum atomic E-state index is -0.977. The lowest BCUT2D eigenvalue weighted by molar-refractivity contribution is -0.132. The van der Waals surface area contributed by atoms with Crippen molar-refractivity contribution in [2.75, 3.05) is 24.3 Å². The van der Waals surface area contributed by atoms with Crippen molar-refractivity contribution in [3.8, 4) is 0 Å². The Kier molecular flexibility index (Phi) is 7.39. The Balaban J connectivity index is 1.30. The van der Waals surface area contributed by atoms with E-state index in [1.54, 1.807) is 6.08 Å². The summed E-state index contributed by atoms with van der Waals surface area (Å²) >= 11 is 0. The molecule has 2 aromatic rings. The van der Waals surface area contributed by atoms with E-state index in [4.69, 9.17) is 5.11 Å². The van der Waals surface area contributed by atoms with Crippen LogP contribution < -0.4 is 10.2 Å². The average molecular weight is 515 g/mol. The van der Waals surface area contributed by atoms with Crippen molar-refractivity contribution in [2.24, 2.45) is 10.8 Å². The molecule has 202 valence electrons. The highest BCUT2D eigenvalue weighted by Gasteiger charge is 2.53. The Hall–Kier alpha value is -3.08. The van der Waals surface area contributed by atoms with Crippen LogP contribution in [0.15, 0.2) is 54.6 Å². The lowest BCUT2D eigenvalue weighted by Gasteiger charge is -2.56. The largest absolute Gasteiger partial charge is 0.478 e. The highest BCUT2D eigenvalue weighted by Crippen LogP contribution is 2.62. The number of aliphatic carboxylic acids is 1. The van der Waals surface area contributed by atoms with Gasteiger partial charge in [0, 0.05) is 31.5 Å². The van der Waals surface area contributed by atoms with Gasteiger partial charge < -0.3 is 15.3 Å². The van der Waals surface area contributed by atoms with Gasteiger partial charge in [-0.2, -0.15) is 0 Å². The Morgan fingerprint density at radius 3 is 2.16 bits per heavy atom. The van der Waals surface area contributed by atoms with Crippen molar-refractivity contribution in [3.05, 3.63) is 65.7 Å². The maximum atomic E-state index is 14.0. The highest BCUT2D eigenvalue weighted by molar-refractivity contribution is 5.96. The van der Waals surface area contributed by atoms with E-state index >= 15 is 0 Å². The molecule has 0 atom stereocenters. The van der Waals surface area contributed by atoms with E-state index in [9.17, 15) is 9.59 Å². The zero-order chi connectivity index (χ0) is 26.8. The van der Waals surface area contributed by atoms with Crippen LogP contribution in [0.2, 0.25) is 0 Å². The topological polar surface area (TPSA) is 69.6 Å². The summed E-state index contributed by atoms with van der Waals surface area (Å²) in [5, 5.41) is 12.2. The second-order valence-electron chi connectivity index (χ2n) is 12.5. The summed E-state index contributed by atoms with van der Waals surface area (Å²) in [6.45, 7) is 0. The molecule has 0 radical (unpaired) electrons. The fourth-order valence-corrected chi connectivity index (χ4v) is 7.66. The molecule has 0 saturated heterocycles. The molecule has 6 rings (SSSR count). The number of hydrogen-bond acceptors (Lipinski definition) is 3. The average Bonchev–Trinajstić information content (AvgIpc) is 2.93. The summed E-state index contributed by atoms with van der Waals surface area (Å²) in [5.41, 5.74) is 4.53. The number of carboxylic acid groups (broad SMARTS) is 1. The third kappa shape index (κ3) is 5.39. The van der Waals surface area contributed by atoms with E-state index in [0.717, 1.165) is 49.4 Å². The van der Waals surface area contributed by atoms with Gasteiger partial charge in [0.2, 0.25) is 5.91 Å². The maximum Gasteiger partial charge on any atom is 0.328 e. The van der Waals surface area contributed by atoms with E-state index in [1.165, 1.54) is 56.2 Å². The number of carboxylic acids is 1. The molecular weight excluding hydrogens is 472 g/mol. The fourth-order valence-electron chi connectivity index (χ4n) is 7.66. The van der Waals surface area contributed by atoms with Crippen molar-refractivity contribution in [1.29, 1.82) is 0 Å². The molecule has 2 N–H and O–H groups in total. The number of fused-ring (bicyclic) bond motifs is 3. The molecule has 2 bridgehead atoms. The smallest absolute Gasteiger partial charge is 0.328 e. The molecule has 2 aromatic carbocycles. The number of carbonyl (C=O) groups is 2. The molecule has 0 heterocycles. The summed E-state index contributed by atoms with van der Waals surface area (Å²) in [5.74, 6) is -0.818. The normalized spacial score (nSPS) is 26.3. The van der Waals surface area contributed by atoms with Gasteiger partial charge in [-0.05, 0) is 110 Å². The molecule has 4 saturated carbocycles. The SMILES string of the molecule is CN(C)c1ccc(C23CCC(CC4(C(=O)Nc5cccc(/C=C/C(=O)O)c5)CCCCC4)(CC2)CC3)cc1. The molecule has 38 heavy (non-hydrogen) atoms. The van der Waals surface area contributed by atoms with Crippen LogP contribution in [0, 0.1) is 10.8 Å². The Morgan fingerprint density at radius 1 is 0.895 bits per heavy atom. The number of rotatable bonds is 8. The van der Waals surface area contributed by atoms with Gasteiger partial charge in [-0.3, -0.25) is 4.79 Å². The first-order valence-electron chi connectivity index (χ1n) is 14.3. The minimum Gasteiger partial charge on any atom is -0.478 e. The second kappa shape index (κ2) is 10.6. The van der Waals surface area contributed by atoms with Crippen molar-refractivity contribution < 1.29 is 14.7 Å². The van der Waals surface area contributed by atoms with Gasteiger partial charge in [0.25, 0.3) is 0 Å². The predicted molar refractivity (Wildman–Crippen MR) is 154 cm³/mol. The van der Waals surface area contributed by atoms with Crippen LogP contribution in [-0.2, 0) is 15.0 Å². The number of hydrogen-bond donors (Lipinski definition) is 2. The molecule has 0 aromatic heterocycles. The number of benzene rings is 2. The van der Waals surface area contributed by atoms with E-state index in [-0.39, 0.29) is 16.7 Å². The predicted octanol–water partition coefficient (Wildman–Crippen LogP) is 7.42. The molecule has 4 aliphatic carbocycles. The van der Waals surface area contributed by atoms with Crippen molar-refractivity contribution in [3.63, 3.8) is 0 Å². The fraction of sp³-hybridized carbons (Fsp3) is 0.515. The third-order valence-electron chi connectivity index (χ3n) is 9.97. The zero-order valence-corrected chi connectivity index (χ0v) is 23.0. The molecule has 0 unspecified atom stereocenters. The van der Waals surface area contributed by atoms with E-state index < -0.39 is 5.97 Å². The summed E-state index contributed by atoms with van der Waals surface area (Å²) < 4.78 is 0. The van der Waals surface area contributed by atoms with Gasteiger partial charge in [0.15, 0.2) is 0 Å². The first-order valence-corrected chi connectivity index (χ1v) is 14.3. The quantitative estimate of drug-likeness (QED) is 0.360. The highest BCUT2D eigenvalue weighted by atomic mass is 16.4. The monoisotopic (exact) mass is 514 g/mol. The summed E-state index contributed by atoms with van der Waals surface area (Å²) in [4.78, 5) is 27.0. The molecule has 4 fully saturated rings. The van der Waals surface area contributed by atoms with Gasteiger partial charge in [-0.1, -0.05) is 43.5 Å². The van der Waals surface area contributed by atoms with Gasteiger partial charge in [0.1, 0.15) is 0 Å². The van der Waals surface area contributed by atoms with Crippen LogP contribution in [0.5, 0.6) is 0 Å². The number of nitrogens with one attached hydrogen (secondary N) is 1. The van der Waals surface area contributed by atoms with Crippen molar-refractivity contribution in [2.45, 2.75) is 82.5 Å². The van der Waals surface area contributed by atoms with Crippen LogP contribution >= 0.6 is 0 Å². The minimum absolute atomic E-state index is 0.160. The molecule has 4 aliphatic rings. The van der Waals surface area contributed by atoms with Crippen LogP contribution in [0.4, 0.5) is 11.4 Å². The van der Waals surface area contributed by atoms with Crippen LogP contribution in [0.25, 0.3) is 6.08 Å². The van der Waals surface area contributed by atoms with Gasteiger partial charge in [0.05, 0.1) is 5.41 Å². The summed E-state index contributed by atoms with van der Waals surface area (Å²) in [6, 6.07) is 16.7. The zero-order valence-electron chi connectivity index (χ0n) is 23.0. The standard InChI is InChI=1S/C33H42N2O3/c1-35(2)28-12-10-26(11-13-28)32-20-17-31(18-21-32,19-22-32)24-33(15-4-3-5-16-33)30(38)34-27-8-6-7-25(23-27)9-14-29(36)37/h6-14,23H,3-5,15-22,24H2,1-2H3,(H,34,38)(H,36,37)/b14-9+. The van der Waals surface area contributed by atoms with Gasteiger partial charge >= 0.3 is 5.97 Å². The third-order valence-corrected chi connectivity index (χ3v) is 9.97. The van der Waals surface area contributed by atoms with Gasteiger partial charge in [-0.15, -0.1) is 0 Å². The first-order chi connectivity index (χ1) is 18.2. The van der Waals surface area contributed by atoms with E-state index in [2.05, 4.69) is 48.6 Å². The lowest BCUT2D eigenvalue weighted by atomic mass is 9.48. The lowest BCUT2D eigenvalue weighted by Crippen LogP contribution is -2.49. The molecule has 5 heteroatoms. The number of carbonyl (C=O) groups excluding carboxylic acids is 1. The van der Waals surface area contributed by atoms with Gasteiger partial charge in [-0.25, -0.2) is 4.79 Å². The molecular formula is C33H42N2O3. The Morgan fingerprint density at radius 2 is 1.55 bits per heavy atom. The van der Waals surface area contributed by atoms with Crippen LogP contribution in [0.3, 0.4) is 0 Å². The summed E-state index contributed by atoms with van der Waals surface area (Å²) in [7, 11) is 4.18. The van der Waals surface area contributed by atoms with Crippen LogP contribution in [-0.4, -0.2) is 31.1 Å². The molecule has 0 aliphatic heterocycles. The maximum absolute atomic E-state index is 14.0. The van der Waals surface area contributed by atoms with Crippen LogP contribution in [0.1, 0.15) is 88.2 Å². The summed E-state index contributed by atoms with van der Waals surface area (Å²) in [6.07, 6.45) is 16.4. The Bertz CT molecular complexity index is 1170. The number of nitrogens with zero attached hydrogens (tertiary/aromatic N) is 1. The second-order valence-corrected chi connectivity index (χ2v) is 12.5. The molecule has 1 amide bonds. The molecule has 5 nitrogen and oxygen atoms in total.